The zero-order valence-corrected chi connectivity index (χ0v) is 11.5. The van der Waals surface area contributed by atoms with E-state index in [9.17, 15) is 0 Å². The molecule has 0 aliphatic heterocycles. The number of ether oxygens (including phenoxy) is 1. The lowest BCUT2D eigenvalue weighted by atomic mass is 10.0. The Kier molecular flexibility index (Phi) is 5.49. The molecule has 0 bridgehead atoms. The Balaban J connectivity index is 2.84. The van der Waals surface area contributed by atoms with Crippen LogP contribution in [0.5, 0.6) is 5.75 Å². The molecule has 0 aliphatic rings. The number of benzene rings is 1. The lowest BCUT2D eigenvalue weighted by Gasteiger charge is -2.19. The molecule has 0 aromatic heterocycles. The molecule has 96 valence electrons. The molecule has 0 saturated heterocycles. The summed E-state index contributed by atoms with van der Waals surface area (Å²) in [5, 5.41) is 0. The van der Waals surface area contributed by atoms with E-state index in [0.717, 1.165) is 18.6 Å². The Labute approximate surface area is 105 Å². The van der Waals surface area contributed by atoms with E-state index in [1.165, 1.54) is 11.1 Å². The fourth-order valence-electron chi connectivity index (χ4n) is 1.81. The molecule has 0 aliphatic carbocycles. The van der Waals surface area contributed by atoms with Crippen LogP contribution in [0.1, 0.15) is 50.7 Å². The summed E-state index contributed by atoms with van der Waals surface area (Å²) in [4.78, 5) is 0. The van der Waals surface area contributed by atoms with E-state index < -0.39 is 0 Å². The topological polar surface area (TPSA) is 35.2 Å². The van der Waals surface area contributed by atoms with Gasteiger partial charge in [0.1, 0.15) is 5.75 Å². The third kappa shape index (κ3) is 4.04. The van der Waals surface area contributed by atoms with Crippen molar-refractivity contribution in [3.8, 4) is 5.75 Å². The smallest absolute Gasteiger partial charge is 0.122 e. The van der Waals surface area contributed by atoms with Crippen LogP contribution in [0, 0.1) is 6.92 Å². The highest BCUT2D eigenvalue weighted by Crippen LogP contribution is 2.25. The number of aryl methyl sites for hydroxylation is 1. The van der Waals surface area contributed by atoms with Crippen molar-refractivity contribution in [1.82, 2.24) is 0 Å². The molecule has 2 heteroatoms. The van der Waals surface area contributed by atoms with Gasteiger partial charge >= 0.3 is 0 Å². The highest BCUT2D eigenvalue weighted by molar-refractivity contribution is 5.37. The minimum Gasteiger partial charge on any atom is -0.490 e. The maximum Gasteiger partial charge on any atom is 0.122 e. The summed E-state index contributed by atoms with van der Waals surface area (Å²) in [5.41, 5.74) is 8.12. The van der Waals surface area contributed by atoms with Crippen LogP contribution < -0.4 is 10.5 Å². The number of rotatable bonds is 6. The first-order valence-corrected chi connectivity index (χ1v) is 6.55. The van der Waals surface area contributed by atoms with E-state index in [-0.39, 0.29) is 6.10 Å². The number of nitrogens with two attached hydrogens (primary N) is 1. The second-order valence-electron chi connectivity index (χ2n) is 4.91. The van der Waals surface area contributed by atoms with E-state index >= 15 is 0 Å². The summed E-state index contributed by atoms with van der Waals surface area (Å²) in [6.07, 6.45) is 2.16. The Hall–Kier alpha value is -1.02. The summed E-state index contributed by atoms with van der Waals surface area (Å²) in [6.45, 7) is 9.31. The maximum atomic E-state index is 6.05. The quantitative estimate of drug-likeness (QED) is 0.817. The maximum absolute atomic E-state index is 6.05. The van der Waals surface area contributed by atoms with Crippen molar-refractivity contribution in [2.24, 2.45) is 5.73 Å². The molecular formula is C15H25NO. The summed E-state index contributed by atoms with van der Waals surface area (Å²) in [7, 11) is 0. The fourth-order valence-corrected chi connectivity index (χ4v) is 1.81. The Bertz CT molecular complexity index is 347. The van der Waals surface area contributed by atoms with Gasteiger partial charge in [0.25, 0.3) is 0 Å². The lowest BCUT2D eigenvalue weighted by molar-refractivity contribution is 0.188. The first-order chi connectivity index (χ1) is 8.08. The minimum atomic E-state index is 0.237. The van der Waals surface area contributed by atoms with Crippen molar-refractivity contribution in [3.63, 3.8) is 0 Å². The molecule has 17 heavy (non-hydrogen) atoms. The first kappa shape index (κ1) is 14.0. The molecule has 0 heterocycles. The van der Waals surface area contributed by atoms with E-state index in [1.807, 2.05) is 0 Å². The highest BCUT2D eigenvalue weighted by atomic mass is 16.5. The van der Waals surface area contributed by atoms with Gasteiger partial charge in [-0.3, -0.25) is 0 Å². The predicted molar refractivity (Wildman–Crippen MR) is 73.6 cm³/mol. The van der Waals surface area contributed by atoms with E-state index in [0.29, 0.717) is 12.5 Å². The molecule has 0 spiro atoms. The SMILES string of the molecule is CCC(CCN)Oc1cc(C(C)C)ccc1C. The fraction of sp³-hybridized carbons (Fsp3) is 0.600. The second kappa shape index (κ2) is 6.65. The molecule has 2 N–H and O–H groups in total. The van der Waals surface area contributed by atoms with Gasteiger partial charge < -0.3 is 10.5 Å². The van der Waals surface area contributed by atoms with Crippen LogP contribution in [0.4, 0.5) is 0 Å². The molecule has 0 radical (unpaired) electrons. The van der Waals surface area contributed by atoms with Crippen LogP contribution in [-0.4, -0.2) is 12.6 Å². The molecule has 0 saturated carbocycles. The number of hydrogen-bond donors (Lipinski definition) is 1. The molecule has 0 amide bonds. The van der Waals surface area contributed by atoms with Crippen molar-refractivity contribution >= 4 is 0 Å². The minimum absolute atomic E-state index is 0.237. The van der Waals surface area contributed by atoms with Crippen molar-refractivity contribution in [2.75, 3.05) is 6.54 Å². The second-order valence-corrected chi connectivity index (χ2v) is 4.91. The van der Waals surface area contributed by atoms with Gasteiger partial charge in [-0.15, -0.1) is 0 Å². The lowest BCUT2D eigenvalue weighted by Crippen LogP contribution is -2.20. The summed E-state index contributed by atoms with van der Waals surface area (Å²) >= 11 is 0. The molecule has 1 aromatic carbocycles. The van der Waals surface area contributed by atoms with E-state index in [2.05, 4.69) is 45.9 Å². The summed E-state index contributed by atoms with van der Waals surface area (Å²) in [5.74, 6) is 1.55. The van der Waals surface area contributed by atoms with E-state index in [1.54, 1.807) is 0 Å². The third-order valence-electron chi connectivity index (χ3n) is 3.12. The normalized spacial score (nSPS) is 12.8. The average molecular weight is 235 g/mol. The van der Waals surface area contributed by atoms with Gasteiger partial charge in [0.2, 0.25) is 0 Å². The summed E-state index contributed by atoms with van der Waals surface area (Å²) < 4.78 is 6.05. The predicted octanol–water partition coefficient (Wildman–Crippen LogP) is 3.62. The van der Waals surface area contributed by atoms with Crippen LogP contribution in [0.25, 0.3) is 0 Å². The zero-order chi connectivity index (χ0) is 12.8. The Morgan fingerprint density at radius 2 is 2.00 bits per heavy atom. The van der Waals surface area contributed by atoms with Crippen LogP contribution in [0.3, 0.4) is 0 Å². The first-order valence-electron chi connectivity index (χ1n) is 6.55. The van der Waals surface area contributed by atoms with Gasteiger partial charge in [-0.25, -0.2) is 0 Å². The molecule has 0 fully saturated rings. The van der Waals surface area contributed by atoms with E-state index in [4.69, 9.17) is 10.5 Å². The molecular weight excluding hydrogens is 210 g/mol. The van der Waals surface area contributed by atoms with Crippen molar-refractivity contribution in [2.45, 2.75) is 52.6 Å². The average Bonchev–Trinajstić information content (AvgIpc) is 2.30. The number of hydrogen-bond acceptors (Lipinski definition) is 2. The van der Waals surface area contributed by atoms with Crippen LogP contribution >= 0.6 is 0 Å². The van der Waals surface area contributed by atoms with Crippen LogP contribution in [0.2, 0.25) is 0 Å². The van der Waals surface area contributed by atoms with Gasteiger partial charge in [0.15, 0.2) is 0 Å². The molecule has 1 rings (SSSR count). The van der Waals surface area contributed by atoms with Gasteiger partial charge in [-0.2, -0.15) is 0 Å². The van der Waals surface area contributed by atoms with Gasteiger partial charge in [0.05, 0.1) is 6.10 Å². The van der Waals surface area contributed by atoms with Crippen LogP contribution in [-0.2, 0) is 0 Å². The van der Waals surface area contributed by atoms with Gasteiger partial charge in [0, 0.05) is 0 Å². The van der Waals surface area contributed by atoms with Crippen molar-refractivity contribution in [1.29, 1.82) is 0 Å². The molecule has 1 atom stereocenters. The third-order valence-corrected chi connectivity index (χ3v) is 3.12. The Morgan fingerprint density at radius 3 is 2.53 bits per heavy atom. The highest BCUT2D eigenvalue weighted by Gasteiger charge is 2.10. The standard InChI is InChI=1S/C15H25NO/c1-5-14(8-9-16)17-15-10-13(11(2)3)7-6-12(15)4/h6-7,10-11,14H,5,8-9,16H2,1-4H3. The van der Waals surface area contributed by atoms with Crippen molar-refractivity contribution < 1.29 is 4.74 Å². The van der Waals surface area contributed by atoms with Gasteiger partial charge in [-0.05, 0) is 49.4 Å². The Morgan fingerprint density at radius 1 is 1.29 bits per heavy atom. The van der Waals surface area contributed by atoms with Crippen LogP contribution in [0.15, 0.2) is 18.2 Å². The van der Waals surface area contributed by atoms with Crippen molar-refractivity contribution in [3.05, 3.63) is 29.3 Å². The largest absolute Gasteiger partial charge is 0.490 e. The zero-order valence-electron chi connectivity index (χ0n) is 11.5. The molecule has 2 nitrogen and oxygen atoms in total. The molecule has 1 aromatic rings. The monoisotopic (exact) mass is 235 g/mol. The molecule has 1 unspecified atom stereocenters. The van der Waals surface area contributed by atoms with Gasteiger partial charge in [-0.1, -0.05) is 32.9 Å². The summed E-state index contributed by atoms with van der Waals surface area (Å²) in [6, 6.07) is 6.48.